The number of hydrogen-bond acceptors (Lipinski definition) is 4. The van der Waals surface area contributed by atoms with Crippen molar-refractivity contribution >= 4 is 16.5 Å². The van der Waals surface area contributed by atoms with Crippen LogP contribution in [0.25, 0.3) is 0 Å². The maximum atomic E-state index is 10.2. The van der Waals surface area contributed by atoms with Crippen LogP contribution in [0.5, 0.6) is 0 Å². The van der Waals surface area contributed by atoms with Crippen molar-refractivity contribution in [3.05, 3.63) is 58.1 Å². The lowest BCUT2D eigenvalue weighted by atomic mass is 9.48. The van der Waals surface area contributed by atoms with Crippen LogP contribution < -0.4 is 5.32 Å². The van der Waals surface area contributed by atoms with Gasteiger partial charge < -0.3 is 10.4 Å². The molecule has 6 atom stereocenters. The zero-order chi connectivity index (χ0) is 21.2. The molecule has 2 saturated carbocycles. The summed E-state index contributed by atoms with van der Waals surface area (Å²) in [4.78, 5) is 6.70. The van der Waals surface area contributed by atoms with Crippen LogP contribution in [0, 0.1) is 23.2 Å². The van der Waals surface area contributed by atoms with Crippen molar-refractivity contribution in [2.24, 2.45) is 23.2 Å². The number of benzene rings is 1. The van der Waals surface area contributed by atoms with E-state index in [4.69, 9.17) is 4.98 Å². The molecular formula is C27H34N2OS. The van der Waals surface area contributed by atoms with Crippen molar-refractivity contribution < 1.29 is 5.11 Å². The van der Waals surface area contributed by atoms with E-state index >= 15 is 0 Å². The Morgan fingerprint density at radius 2 is 1.87 bits per heavy atom. The summed E-state index contributed by atoms with van der Waals surface area (Å²) in [5.41, 5.74) is 4.81. The third kappa shape index (κ3) is 3.05. The molecule has 0 amide bonds. The highest BCUT2D eigenvalue weighted by molar-refractivity contribution is 7.15. The molecule has 3 nitrogen and oxygen atoms in total. The Labute approximate surface area is 190 Å². The monoisotopic (exact) mass is 434 g/mol. The molecule has 4 heteroatoms. The van der Waals surface area contributed by atoms with E-state index in [0.29, 0.717) is 5.41 Å². The topological polar surface area (TPSA) is 45.2 Å². The zero-order valence-electron chi connectivity index (χ0n) is 18.7. The van der Waals surface area contributed by atoms with Gasteiger partial charge in [-0.1, -0.05) is 55.8 Å². The molecule has 4 aliphatic carbocycles. The fourth-order valence-corrected chi connectivity index (χ4v) is 8.77. The second kappa shape index (κ2) is 7.18. The molecular weight excluding hydrogens is 400 g/mol. The van der Waals surface area contributed by atoms with E-state index < -0.39 is 0 Å². The summed E-state index contributed by atoms with van der Waals surface area (Å²) in [6.45, 7) is 5.86. The maximum absolute atomic E-state index is 10.2. The molecule has 0 spiro atoms. The first-order valence-electron chi connectivity index (χ1n) is 12.1. The Morgan fingerprint density at radius 1 is 1.06 bits per heavy atom. The van der Waals surface area contributed by atoms with E-state index in [2.05, 4.69) is 55.6 Å². The predicted octanol–water partition coefficient (Wildman–Crippen LogP) is 6.09. The second-order valence-electron chi connectivity index (χ2n) is 10.9. The number of nitrogens with one attached hydrogen (secondary N) is 1. The zero-order valence-corrected chi connectivity index (χ0v) is 19.5. The number of aliphatic hydroxyl groups is 1. The summed E-state index contributed by atoms with van der Waals surface area (Å²) in [5.74, 6) is 2.28. The third-order valence-electron chi connectivity index (χ3n) is 9.40. The van der Waals surface area contributed by atoms with E-state index in [0.717, 1.165) is 48.7 Å². The minimum atomic E-state index is -0.116. The molecule has 1 aromatic heterocycles. The molecule has 0 bridgehead atoms. The molecule has 2 N–H and O–H groups in total. The standard InChI is InChI=1S/C27H34N2OS/c1-26-12-10-19(30)14-18(26)8-9-20-21(26)11-13-27(2)22(20)15-23-24(27)29-25(31-23)28-16-17-6-4-3-5-7-17/h3-8,19-22,30H,9-16H2,1-2H3,(H,28,29)/t19-,20+,21-,22-,26-,27-/m0/s1. The van der Waals surface area contributed by atoms with Crippen LogP contribution in [0.15, 0.2) is 42.0 Å². The number of fused-ring (bicyclic) bond motifs is 7. The Morgan fingerprint density at radius 3 is 2.71 bits per heavy atom. The van der Waals surface area contributed by atoms with Gasteiger partial charge in [-0.3, -0.25) is 0 Å². The van der Waals surface area contributed by atoms with E-state index in [1.807, 2.05) is 11.3 Å². The van der Waals surface area contributed by atoms with Crippen LogP contribution in [-0.4, -0.2) is 16.2 Å². The smallest absolute Gasteiger partial charge is 0.183 e. The Balaban J connectivity index is 1.24. The van der Waals surface area contributed by atoms with Crippen molar-refractivity contribution in [3.8, 4) is 0 Å². The van der Waals surface area contributed by atoms with Crippen LogP contribution in [-0.2, 0) is 18.4 Å². The van der Waals surface area contributed by atoms with Crippen LogP contribution in [0.4, 0.5) is 5.13 Å². The van der Waals surface area contributed by atoms with Crippen LogP contribution in [0.3, 0.4) is 0 Å². The van der Waals surface area contributed by atoms with Gasteiger partial charge in [-0.15, -0.1) is 11.3 Å². The lowest BCUT2D eigenvalue weighted by Gasteiger charge is -2.57. The van der Waals surface area contributed by atoms with Gasteiger partial charge in [0.05, 0.1) is 11.8 Å². The van der Waals surface area contributed by atoms with Crippen molar-refractivity contribution in [3.63, 3.8) is 0 Å². The quantitative estimate of drug-likeness (QED) is 0.574. The van der Waals surface area contributed by atoms with Crippen LogP contribution in [0.2, 0.25) is 0 Å². The molecule has 6 rings (SSSR count). The van der Waals surface area contributed by atoms with Gasteiger partial charge in [0.15, 0.2) is 5.13 Å². The molecule has 1 aromatic carbocycles. The van der Waals surface area contributed by atoms with Crippen molar-refractivity contribution in [1.29, 1.82) is 0 Å². The normalized spacial score (nSPS) is 38.5. The molecule has 1 heterocycles. The van der Waals surface area contributed by atoms with Gasteiger partial charge in [-0.05, 0) is 73.7 Å². The van der Waals surface area contributed by atoms with Gasteiger partial charge in [-0.25, -0.2) is 4.98 Å². The summed E-state index contributed by atoms with van der Waals surface area (Å²) in [7, 11) is 0. The lowest BCUT2D eigenvalue weighted by molar-refractivity contribution is -0.0169. The van der Waals surface area contributed by atoms with Crippen LogP contribution >= 0.6 is 11.3 Å². The molecule has 4 aliphatic rings. The Bertz CT molecular complexity index is 1010. The summed E-state index contributed by atoms with van der Waals surface area (Å²) in [6, 6.07) is 10.6. The van der Waals surface area contributed by atoms with Crippen molar-refractivity contribution in [2.45, 2.75) is 76.9 Å². The fraction of sp³-hybridized carbons (Fsp3) is 0.593. The molecule has 0 unspecified atom stereocenters. The van der Waals surface area contributed by atoms with Crippen LogP contribution in [0.1, 0.15) is 68.5 Å². The third-order valence-corrected chi connectivity index (χ3v) is 10.4. The van der Waals surface area contributed by atoms with Gasteiger partial charge in [0, 0.05) is 16.8 Å². The number of thiazole rings is 1. The largest absolute Gasteiger partial charge is 0.393 e. The Kier molecular flexibility index (Phi) is 4.63. The van der Waals surface area contributed by atoms with Crippen molar-refractivity contribution in [2.75, 3.05) is 5.32 Å². The number of aromatic nitrogens is 1. The summed E-state index contributed by atoms with van der Waals surface area (Å²) < 4.78 is 0. The average molecular weight is 435 g/mol. The van der Waals surface area contributed by atoms with Crippen molar-refractivity contribution in [1.82, 2.24) is 4.98 Å². The number of nitrogens with zero attached hydrogens (tertiary/aromatic N) is 1. The predicted molar refractivity (Wildman–Crippen MR) is 127 cm³/mol. The number of allylic oxidation sites excluding steroid dienone is 1. The van der Waals surface area contributed by atoms with E-state index in [9.17, 15) is 5.11 Å². The SMILES string of the molecule is C[C@]12CC[C@H](O)CC1=CC[C@@H]1[C@@H]2CC[C@]2(C)c3nc(NCc4ccccc4)sc3C[C@@H]12. The number of hydrogen-bond donors (Lipinski definition) is 2. The minimum absolute atomic E-state index is 0.116. The number of aliphatic hydroxyl groups excluding tert-OH is 1. The minimum Gasteiger partial charge on any atom is -0.393 e. The molecule has 2 fully saturated rings. The highest BCUT2D eigenvalue weighted by Gasteiger charge is 2.58. The summed E-state index contributed by atoms with van der Waals surface area (Å²) >= 11 is 1.90. The first-order chi connectivity index (χ1) is 15.0. The summed E-state index contributed by atoms with van der Waals surface area (Å²) in [5, 5.41) is 14.9. The van der Waals surface area contributed by atoms with Gasteiger partial charge in [0.25, 0.3) is 0 Å². The van der Waals surface area contributed by atoms with Gasteiger partial charge >= 0.3 is 0 Å². The van der Waals surface area contributed by atoms with E-state index in [1.165, 1.54) is 41.8 Å². The second-order valence-corrected chi connectivity index (χ2v) is 12.0. The molecule has 164 valence electrons. The Hall–Kier alpha value is -1.65. The first-order valence-corrected chi connectivity index (χ1v) is 12.9. The van der Waals surface area contributed by atoms with Gasteiger partial charge in [0.2, 0.25) is 0 Å². The molecule has 0 aliphatic heterocycles. The number of rotatable bonds is 3. The molecule has 0 saturated heterocycles. The van der Waals surface area contributed by atoms with E-state index in [-0.39, 0.29) is 11.5 Å². The van der Waals surface area contributed by atoms with E-state index in [1.54, 1.807) is 5.57 Å². The van der Waals surface area contributed by atoms with Gasteiger partial charge in [-0.2, -0.15) is 0 Å². The fourth-order valence-electron chi connectivity index (χ4n) is 7.62. The van der Waals surface area contributed by atoms with Gasteiger partial charge in [0.1, 0.15) is 0 Å². The molecule has 2 aromatic rings. The summed E-state index contributed by atoms with van der Waals surface area (Å²) in [6.07, 6.45) is 10.5. The maximum Gasteiger partial charge on any atom is 0.183 e. The molecule has 31 heavy (non-hydrogen) atoms. The highest BCUT2D eigenvalue weighted by Crippen LogP contribution is 2.64. The number of anilines is 1. The average Bonchev–Trinajstić information content (AvgIpc) is 3.30. The molecule has 0 radical (unpaired) electrons. The first kappa shape index (κ1) is 20.0. The lowest BCUT2D eigenvalue weighted by Crippen LogP contribution is -2.51. The highest BCUT2D eigenvalue weighted by atomic mass is 32.1.